The fourth-order valence-corrected chi connectivity index (χ4v) is 2.62. The minimum absolute atomic E-state index is 0.0460. The zero-order chi connectivity index (χ0) is 19.3. The Kier molecular flexibility index (Phi) is 6.37. The molecule has 0 aliphatic heterocycles. The Labute approximate surface area is 154 Å². The molecule has 0 aliphatic rings. The van der Waals surface area contributed by atoms with Crippen molar-refractivity contribution in [3.8, 4) is 0 Å². The van der Waals surface area contributed by atoms with Crippen molar-refractivity contribution in [1.29, 1.82) is 0 Å². The van der Waals surface area contributed by atoms with Gasteiger partial charge in [-0.15, -0.1) is 0 Å². The number of halogens is 1. The number of ether oxygens (including phenoxy) is 1. The van der Waals surface area contributed by atoms with Crippen molar-refractivity contribution in [2.45, 2.75) is 52.3 Å². The van der Waals surface area contributed by atoms with Crippen LogP contribution in [0.25, 0.3) is 0 Å². The van der Waals surface area contributed by atoms with E-state index in [2.05, 4.69) is 29.7 Å². The molecule has 0 aliphatic carbocycles. The van der Waals surface area contributed by atoms with Crippen LogP contribution < -0.4 is 10.6 Å². The Hall–Kier alpha value is -2.40. The molecule has 0 fully saturated rings. The lowest BCUT2D eigenvalue weighted by Gasteiger charge is -2.22. The minimum atomic E-state index is -0.673. The van der Waals surface area contributed by atoms with Gasteiger partial charge >= 0.3 is 6.09 Å². The fourth-order valence-electron chi connectivity index (χ4n) is 2.62. The Morgan fingerprint density at radius 3 is 2.19 bits per heavy atom. The molecule has 4 nitrogen and oxygen atoms in total. The van der Waals surface area contributed by atoms with Crippen molar-refractivity contribution in [3.63, 3.8) is 0 Å². The molecular formula is C21H27FN2O2. The maximum absolute atomic E-state index is 14.4. The van der Waals surface area contributed by atoms with Gasteiger partial charge in [0.1, 0.15) is 11.4 Å². The molecular weight excluding hydrogens is 331 g/mol. The van der Waals surface area contributed by atoms with Crippen LogP contribution in [0, 0.1) is 5.82 Å². The maximum Gasteiger partial charge on any atom is 0.412 e. The summed E-state index contributed by atoms with van der Waals surface area (Å²) in [6.45, 7) is 9.32. The Morgan fingerprint density at radius 1 is 1.00 bits per heavy atom. The first-order valence-corrected chi connectivity index (χ1v) is 8.76. The topological polar surface area (TPSA) is 50.4 Å². The summed E-state index contributed by atoms with van der Waals surface area (Å²) in [5, 5.41) is 5.90. The fraction of sp³-hybridized carbons (Fsp3) is 0.381. The molecule has 140 valence electrons. The molecule has 1 amide bonds. The molecule has 2 rings (SSSR count). The predicted molar refractivity (Wildman–Crippen MR) is 103 cm³/mol. The van der Waals surface area contributed by atoms with E-state index < -0.39 is 17.5 Å². The molecule has 0 saturated heterocycles. The standard InChI is InChI=1S/C21H27FN2O2/c1-14(16-9-7-6-8-10-16)23-15(2)17-11-12-19(18(22)13-17)24-20(25)26-21(3,4)5/h6-15,23H,1-5H3,(H,24,25). The van der Waals surface area contributed by atoms with E-state index in [0.29, 0.717) is 0 Å². The highest BCUT2D eigenvalue weighted by atomic mass is 19.1. The summed E-state index contributed by atoms with van der Waals surface area (Å²) in [6.07, 6.45) is -0.673. The molecule has 2 aromatic carbocycles. The van der Waals surface area contributed by atoms with E-state index in [1.54, 1.807) is 32.9 Å². The summed E-state index contributed by atoms with van der Waals surface area (Å²) in [5.41, 5.74) is 1.45. The van der Waals surface area contributed by atoms with Gasteiger partial charge < -0.3 is 10.1 Å². The monoisotopic (exact) mass is 358 g/mol. The van der Waals surface area contributed by atoms with Gasteiger partial charge in [0.05, 0.1) is 5.69 Å². The highest BCUT2D eigenvalue weighted by Crippen LogP contribution is 2.23. The van der Waals surface area contributed by atoms with Crippen LogP contribution in [0.5, 0.6) is 0 Å². The number of benzene rings is 2. The minimum Gasteiger partial charge on any atom is -0.444 e. The quantitative estimate of drug-likeness (QED) is 0.733. The van der Waals surface area contributed by atoms with Crippen molar-refractivity contribution in [1.82, 2.24) is 5.32 Å². The molecule has 2 aromatic rings. The SMILES string of the molecule is CC(NC(C)c1ccc(NC(=O)OC(C)(C)C)c(F)c1)c1ccccc1. The van der Waals surface area contributed by atoms with Crippen molar-refractivity contribution >= 4 is 11.8 Å². The van der Waals surface area contributed by atoms with Gasteiger partial charge in [-0.25, -0.2) is 9.18 Å². The number of amides is 1. The third-order valence-corrected chi connectivity index (χ3v) is 3.93. The molecule has 0 spiro atoms. The second-order valence-corrected chi connectivity index (χ2v) is 7.39. The average molecular weight is 358 g/mol. The number of rotatable bonds is 5. The van der Waals surface area contributed by atoms with E-state index in [1.807, 2.05) is 25.1 Å². The average Bonchev–Trinajstić information content (AvgIpc) is 2.55. The molecule has 26 heavy (non-hydrogen) atoms. The van der Waals surface area contributed by atoms with Gasteiger partial charge in [0, 0.05) is 12.1 Å². The number of nitrogens with one attached hydrogen (secondary N) is 2. The number of carbonyl (C=O) groups excluding carboxylic acids is 1. The van der Waals surface area contributed by atoms with Crippen molar-refractivity contribution in [3.05, 3.63) is 65.5 Å². The molecule has 0 heterocycles. The molecule has 5 heteroatoms. The van der Waals surface area contributed by atoms with Crippen molar-refractivity contribution in [2.75, 3.05) is 5.32 Å². The van der Waals surface area contributed by atoms with Crippen LogP contribution in [-0.2, 0) is 4.74 Å². The van der Waals surface area contributed by atoms with Crippen LogP contribution in [0.3, 0.4) is 0 Å². The van der Waals surface area contributed by atoms with E-state index in [-0.39, 0.29) is 17.8 Å². The molecule has 2 atom stereocenters. The lowest BCUT2D eigenvalue weighted by Crippen LogP contribution is -2.27. The van der Waals surface area contributed by atoms with Crippen LogP contribution in [0.1, 0.15) is 57.8 Å². The van der Waals surface area contributed by atoms with Crippen LogP contribution in [0.15, 0.2) is 48.5 Å². The lowest BCUT2D eigenvalue weighted by atomic mass is 10.0. The normalized spacial score (nSPS) is 13.8. The van der Waals surface area contributed by atoms with E-state index in [9.17, 15) is 9.18 Å². The largest absolute Gasteiger partial charge is 0.444 e. The van der Waals surface area contributed by atoms with Gasteiger partial charge in [-0.3, -0.25) is 5.32 Å². The first-order valence-electron chi connectivity index (χ1n) is 8.76. The third kappa shape index (κ3) is 5.85. The summed E-state index contributed by atoms with van der Waals surface area (Å²) < 4.78 is 19.5. The number of hydrogen-bond acceptors (Lipinski definition) is 3. The summed E-state index contributed by atoms with van der Waals surface area (Å²) in [5.74, 6) is -0.491. The third-order valence-electron chi connectivity index (χ3n) is 3.93. The molecule has 2 unspecified atom stereocenters. The Bertz CT molecular complexity index is 741. The maximum atomic E-state index is 14.4. The van der Waals surface area contributed by atoms with E-state index in [4.69, 9.17) is 4.74 Å². The second kappa shape index (κ2) is 8.32. The van der Waals surface area contributed by atoms with Gasteiger partial charge in [-0.05, 0) is 57.9 Å². The van der Waals surface area contributed by atoms with E-state index >= 15 is 0 Å². The van der Waals surface area contributed by atoms with E-state index in [1.165, 1.54) is 11.6 Å². The first-order chi connectivity index (χ1) is 12.2. The van der Waals surface area contributed by atoms with Crippen molar-refractivity contribution < 1.29 is 13.9 Å². The second-order valence-electron chi connectivity index (χ2n) is 7.39. The van der Waals surface area contributed by atoms with Gasteiger partial charge in [0.25, 0.3) is 0 Å². The molecule has 0 saturated carbocycles. The van der Waals surface area contributed by atoms with Crippen LogP contribution in [-0.4, -0.2) is 11.7 Å². The van der Waals surface area contributed by atoms with Gasteiger partial charge in [0.2, 0.25) is 0 Å². The summed E-state index contributed by atoms with van der Waals surface area (Å²) in [7, 11) is 0. The lowest BCUT2D eigenvalue weighted by molar-refractivity contribution is 0.0635. The van der Waals surface area contributed by atoms with Crippen LogP contribution >= 0.6 is 0 Å². The Morgan fingerprint density at radius 2 is 1.62 bits per heavy atom. The first kappa shape index (κ1) is 19.9. The smallest absolute Gasteiger partial charge is 0.412 e. The zero-order valence-corrected chi connectivity index (χ0v) is 16.0. The highest BCUT2D eigenvalue weighted by Gasteiger charge is 2.18. The van der Waals surface area contributed by atoms with E-state index in [0.717, 1.165) is 5.56 Å². The summed E-state index contributed by atoms with van der Waals surface area (Å²) in [4.78, 5) is 11.8. The zero-order valence-electron chi connectivity index (χ0n) is 16.0. The molecule has 0 aromatic heterocycles. The van der Waals surface area contributed by atoms with Gasteiger partial charge in [0.15, 0.2) is 0 Å². The predicted octanol–water partition coefficient (Wildman–Crippen LogP) is 5.58. The number of hydrogen-bond donors (Lipinski definition) is 2. The summed E-state index contributed by atoms with van der Waals surface area (Å²) in [6, 6.07) is 14.9. The van der Waals surface area contributed by atoms with Crippen molar-refractivity contribution in [2.24, 2.45) is 0 Å². The summed E-state index contributed by atoms with van der Waals surface area (Å²) >= 11 is 0. The number of anilines is 1. The highest BCUT2D eigenvalue weighted by molar-refractivity contribution is 5.85. The van der Waals surface area contributed by atoms with Crippen LogP contribution in [0.4, 0.5) is 14.9 Å². The molecule has 0 bridgehead atoms. The van der Waals surface area contributed by atoms with Gasteiger partial charge in [-0.1, -0.05) is 36.4 Å². The Balaban J connectivity index is 2.03. The molecule has 2 N–H and O–H groups in total. The number of carbonyl (C=O) groups is 1. The van der Waals surface area contributed by atoms with Crippen LogP contribution in [0.2, 0.25) is 0 Å². The molecule has 0 radical (unpaired) electrons. The van der Waals surface area contributed by atoms with Gasteiger partial charge in [-0.2, -0.15) is 0 Å².